The number of hydrogen-bond donors (Lipinski definition) is 2. The number of β-amino-alcohol motifs (C(OH)–C–C–N with tert-alkyl or cyclic N) is 1. The Kier molecular flexibility index (Phi) is 6.30. The van der Waals surface area contributed by atoms with Gasteiger partial charge in [0.1, 0.15) is 6.61 Å². The molecule has 0 saturated carbocycles. The fraction of sp³-hybridized carbons (Fsp3) is 0.533. The van der Waals surface area contributed by atoms with E-state index in [4.69, 9.17) is 21.1 Å². The lowest BCUT2D eigenvalue weighted by atomic mass is 10.1. The summed E-state index contributed by atoms with van der Waals surface area (Å²) in [5, 5.41) is 12.9. The lowest BCUT2D eigenvalue weighted by molar-refractivity contribution is 0.0883. The van der Waals surface area contributed by atoms with Crippen molar-refractivity contribution in [2.75, 3.05) is 38.7 Å². The molecule has 1 atom stereocenters. The van der Waals surface area contributed by atoms with E-state index < -0.39 is 6.10 Å². The van der Waals surface area contributed by atoms with Gasteiger partial charge in [-0.05, 0) is 25.0 Å². The summed E-state index contributed by atoms with van der Waals surface area (Å²) in [6.45, 7) is 1.73. The number of piperidine rings is 1. The molecule has 0 radical (unpaired) electrons. The summed E-state index contributed by atoms with van der Waals surface area (Å²) in [6.07, 6.45) is 1.06. The van der Waals surface area contributed by atoms with Crippen molar-refractivity contribution in [3.05, 3.63) is 23.2 Å². The van der Waals surface area contributed by atoms with E-state index in [1.54, 1.807) is 30.2 Å². The molecule has 2 amide bonds. The van der Waals surface area contributed by atoms with Gasteiger partial charge < -0.3 is 24.8 Å². The Morgan fingerprint density at radius 2 is 2.32 bits per heavy atom. The quantitative estimate of drug-likeness (QED) is 0.814. The van der Waals surface area contributed by atoms with E-state index in [1.807, 2.05) is 0 Å². The molecule has 0 bridgehead atoms. The van der Waals surface area contributed by atoms with Crippen LogP contribution in [-0.4, -0.2) is 55.6 Å². The van der Waals surface area contributed by atoms with Crippen molar-refractivity contribution in [2.24, 2.45) is 0 Å². The molecule has 0 aromatic heterocycles. The van der Waals surface area contributed by atoms with Crippen molar-refractivity contribution in [2.45, 2.75) is 18.9 Å². The highest BCUT2D eigenvalue weighted by molar-refractivity contribution is 6.32. The lowest BCUT2D eigenvalue weighted by Crippen LogP contribution is -2.44. The second-order valence-electron chi connectivity index (χ2n) is 5.13. The molecule has 0 aliphatic carbocycles. The predicted octanol–water partition coefficient (Wildman–Crippen LogP) is 2.35. The van der Waals surface area contributed by atoms with Crippen LogP contribution in [0.3, 0.4) is 0 Å². The van der Waals surface area contributed by atoms with Gasteiger partial charge in [-0.1, -0.05) is 17.7 Å². The smallest absolute Gasteiger partial charge is 0.322 e. The van der Waals surface area contributed by atoms with Gasteiger partial charge in [0.05, 0.1) is 23.4 Å². The van der Waals surface area contributed by atoms with Crippen LogP contribution in [-0.2, 0) is 4.74 Å². The minimum Gasteiger partial charge on any atom is -0.487 e. The first-order chi connectivity index (χ1) is 10.6. The van der Waals surface area contributed by atoms with Crippen LogP contribution in [0.4, 0.5) is 10.5 Å². The number of para-hydroxylation sites is 1. The molecule has 122 valence electrons. The van der Waals surface area contributed by atoms with E-state index in [0.717, 1.165) is 12.8 Å². The molecule has 1 fully saturated rings. The SMILES string of the molecule is COCCOc1c(Cl)cccc1NC(=O)N1CCC[C@@H](O)C1. The normalized spacial score (nSPS) is 18.1. The number of anilines is 1. The van der Waals surface area contributed by atoms with Gasteiger partial charge in [-0.3, -0.25) is 0 Å². The number of nitrogens with zero attached hydrogens (tertiary/aromatic N) is 1. The summed E-state index contributed by atoms with van der Waals surface area (Å²) in [5.74, 6) is 0.423. The molecule has 0 unspecified atom stereocenters. The standard InChI is InChI=1S/C15H21ClN2O4/c1-21-8-9-22-14-12(16)5-2-6-13(14)17-15(20)18-7-3-4-11(19)10-18/h2,5-6,11,19H,3-4,7-10H2,1H3,(H,17,20)/t11-/m1/s1. The minimum absolute atomic E-state index is 0.266. The van der Waals surface area contributed by atoms with Gasteiger partial charge >= 0.3 is 6.03 Å². The summed E-state index contributed by atoms with van der Waals surface area (Å²) >= 11 is 6.13. The van der Waals surface area contributed by atoms with Crippen LogP contribution in [0.15, 0.2) is 18.2 Å². The zero-order valence-electron chi connectivity index (χ0n) is 12.5. The van der Waals surface area contributed by atoms with E-state index >= 15 is 0 Å². The molecule has 2 rings (SSSR count). The van der Waals surface area contributed by atoms with Crippen molar-refractivity contribution in [1.82, 2.24) is 4.90 Å². The molecule has 22 heavy (non-hydrogen) atoms. The summed E-state index contributed by atoms with van der Waals surface area (Å²) in [4.78, 5) is 13.9. The number of nitrogens with one attached hydrogen (secondary N) is 1. The molecule has 1 aromatic rings. The van der Waals surface area contributed by atoms with E-state index in [1.165, 1.54) is 0 Å². The molecular weight excluding hydrogens is 308 g/mol. The van der Waals surface area contributed by atoms with Crippen molar-refractivity contribution in [3.63, 3.8) is 0 Å². The highest BCUT2D eigenvalue weighted by Gasteiger charge is 2.23. The Balaban J connectivity index is 2.04. The summed E-state index contributed by atoms with van der Waals surface area (Å²) in [7, 11) is 1.58. The largest absolute Gasteiger partial charge is 0.487 e. The van der Waals surface area contributed by atoms with Crippen molar-refractivity contribution in [1.29, 1.82) is 0 Å². The summed E-state index contributed by atoms with van der Waals surface area (Å²) in [5.41, 5.74) is 0.508. The first-order valence-corrected chi connectivity index (χ1v) is 7.64. The lowest BCUT2D eigenvalue weighted by Gasteiger charge is -2.30. The van der Waals surface area contributed by atoms with Crippen LogP contribution in [0, 0.1) is 0 Å². The number of methoxy groups -OCH3 is 1. The zero-order chi connectivity index (χ0) is 15.9. The molecular formula is C15H21ClN2O4. The van der Waals surface area contributed by atoms with Gasteiger partial charge in [0.15, 0.2) is 5.75 Å². The Morgan fingerprint density at radius 3 is 3.05 bits per heavy atom. The minimum atomic E-state index is -0.462. The molecule has 1 aliphatic rings. The van der Waals surface area contributed by atoms with Crippen LogP contribution in [0.2, 0.25) is 5.02 Å². The fourth-order valence-electron chi connectivity index (χ4n) is 2.31. The van der Waals surface area contributed by atoms with Gasteiger partial charge in [0.25, 0.3) is 0 Å². The third kappa shape index (κ3) is 4.50. The molecule has 1 aliphatic heterocycles. The number of aliphatic hydroxyl groups is 1. The maximum atomic E-state index is 12.3. The van der Waals surface area contributed by atoms with E-state index in [0.29, 0.717) is 42.8 Å². The molecule has 1 heterocycles. The van der Waals surface area contributed by atoms with Crippen LogP contribution >= 0.6 is 11.6 Å². The second kappa shape index (κ2) is 8.22. The van der Waals surface area contributed by atoms with Crippen LogP contribution < -0.4 is 10.1 Å². The average Bonchev–Trinajstić information content (AvgIpc) is 2.50. The fourth-order valence-corrected chi connectivity index (χ4v) is 2.54. The Labute approximate surface area is 135 Å². The summed E-state index contributed by atoms with van der Waals surface area (Å²) in [6, 6.07) is 4.90. The topological polar surface area (TPSA) is 71.0 Å². The maximum absolute atomic E-state index is 12.3. The monoisotopic (exact) mass is 328 g/mol. The highest BCUT2D eigenvalue weighted by Crippen LogP contribution is 2.33. The maximum Gasteiger partial charge on any atom is 0.322 e. The number of benzene rings is 1. The van der Waals surface area contributed by atoms with Crippen molar-refractivity contribution in [3.8, 4) is 5.75 Å². The Hall–Kier alpha value is -1.50. The molecule has 0 spiro atoms. The van der Waals surface area contributed by atoms with Gasteiger partial charge in [-0.2, -0.15) is 0 Å². The number of aliphatic hydroxyl groups excluding tert-OH is 1. The van der Waals surface area contributed by atoms with Crippen LogP contribution in [0.5, 0.6) is 5.75 Å². The van der Waals surface area contributed by atoms with Crippen LogP contribution in [0.1, 0.15) is 12.8 Å². The van der Waals surface area contributed by atoms with Gasteiger partial charge in [0.2, 0.25) is 0 Å². The Bertz CT molecular complexity index is 512. The molecule has 2 N–H and O–H groups in total. The number of halogens is 1. The van der Waals surface area contributed by atoms with E-state index in [9.17, 15) is 9.90 Å². The van der Waals surface area contributed by atoms with E-state index in [-0.39, 0.29) is 6.03 Å². The second-order valence-corrected chi connectivity index (χ2v) is 5.54. The van der Waals surface area contributed by atoms with Crippen molar-refractivity contribution < 1.29 is 19.4 Å². The predicted molar refractivity (Wildman–Crippen MR) is 84.7 cm³/mol. The van der Waals surface area contributed by atoms with Gasteiger partial charge in [0, 0.05) is 20.2 Å². The first kappa shape index (κ1) is 16.9. The molecule has 6 nitrogen and oxygen atoms in total. The number of ether oxygens (including phenoxy) is 2. The van der Waals surface area contributed by atoms with Crippen molar-refractivity contribution >= 4 is 23.3 Å². The third-order valence-corrected chi connectivity index (χ3v) is 3.72. The molecule has 7 heteroatoms. The third-order valence-electron chi connectivity index (χ3n) is 3.43. The van der Waals surface area contributed by atoms with Crippen LogP contribution in [0.25, 0.3) is 0 Å². The number of carbonyl (C=O) groups excluding carboxylic acids is 1. The van der Waals surface area contributed by atoms with E-state index in [2.05, 4.69) is 5.32 Å². The number of urea groups is 1. The first-order valence-electron chi connectivity index (χ1n) is 7.26. The Morgan fingerprint density at radius 1 is 1.50 bits per heavy atom. The molecule has 1 saturated heterocycles. The number of hydrogen-bond acceptors (Lipinski definition) is 4. The number of rotatable bonds is 5. The number of likely N-dealkylation sites (tertiary alicyclic amines) is 1. The van der Waals surface area contributed by atoms with Gasteiger partial charge in [-0.15, -0.1) is 0 Å². The molecule has 1 aromatic carbocycles. The summed E-state index contributed by atoms with van der Waals surface area (Å²) < 4.78 is 10.5. The average molecular weight is 329 g/mol. The number of carbonyl (C=O) groups is 1. The zero-order valence-corrected chi connectivity index (χ0v) is 13.3. The van der Waals surface area contributed by atoms with Gasteiger partial charge in [-0.25, -0.2) is 4.79 Å². The highest BCUT2D eigenvalue weighted by atomic mass is 35.5. The number of amides is 2.